The molecule has 4 aromatic heterocycles. The Kier molecular flexibility index (Phi) is 4.10. The van der Waals surface area contributed by atoms with Crippen molar-refractivity contribution in [3.63, 3.8) is 0 Å². The van der Waals surface area contributed by atoms with Crippen LogP contribution in [0.1, 0.15) is 0 Å². The third-order valence-electron chi connectivity index (χ3n) is 8.86. The fraction of sp³-hybridized carbons (Fsp3) is 0. The lowest BCUT2D eigenvalue weighted by molar-refractivity contribution is 1.17. The summed E-state index contributed by atoms with van der Waals surface area (Å²) in [7, 11) is 0. The Balaban J connectivity index is 1.57. The van der Waals surface area contributed by atoms with Gasteiger partial charge in [-0.3, -0.25) is 0 Å². The lowest BCUT2D eigenvalue weighted by atomic mass is 9.99. The summed E-state index contributed by atoms with van der Waals surface area (Å²) >= 11 is 1.92. The maximum atomic E-state index is 2.47. The van der Waals surface area contributed by atoms with E-state index >= 15 is 0 Å². The van der Waals surface area contributed by atoms with Crippen molar-refractivity contribution in [2.24, 2.45) is 0 Å². The van der Waals surface area contributed by atoms with Crippen LogP contribution in [0.25, 0.3) is 85.6 Å². The van der Waals surface area contributed by atoms with Crippen molar-refractivity contribution in [3.05, 3.63) is 134 Å². The van der Waals surface area contributed by atoms with E-state index in [1.165, 1.54) is 85.6 Å². The molecule has 0 bridgehead atoms. The van der Waals surface area contributed by atoms with Crippen molar-refractivity contribution >= 4 is 91.3 Å². The average Bonchev–Trinajstić information content (AvgIpc) is 3.71. The summed E-state index contributed by atoms with van der Waals surface area (Å²) in [4.78, 5) is 0. The highest BCUT2D eigenvalue weighted by Gasteiger charge is 2.22. The number of thiophene rings is 1. The van der Waals surface area contributed by atoms with Crippen molar-refractivity contribution in [3.8, 4) is 5.69 Å². The molecule has 0 N–H and O–H groups in total. The van der Waals surface area contributed by atoms with Gasteiger partial charge >= 0.3 is 0 Å². The van der Waals surface area contributed by atoms with Gasteiger partial charge in [0.2, 0.25) is 0 Å². The second-order valence-electron chi connectivity index (χ2n) is 10.9. The minimum Gasteiger partial charge on any atom is -0.313 e. The van der Waals surface area contributed by atoms with Gasteiger partial charge in [0.25, 0.3) is 0 Å². The fourth-order valence-electron chi connectivity index (χ4n) is 7.19. The van der Waals surface area contributed by atoms with E-state index in [4.69, 9.17) is 0 Å². The Hall–Kier alpha value is -5.12. The molecule has 0 aliphatic rings. The van der Waals surface area contributed by atoms with Crippen LogP contribution in [0.5, 0.6) is 0 Å². The molecule has 4 heterocycles. The third kappa shape index (κ3) is 2.71. The highest BCUT2D eigenvalue weighted by molar-refractivity contribution is 7.26. The lowest BCUT2D eigenvalue weighted by Crippen LogP contribution is -1.97. The molecular formula is C38H22N2S. The number of rotatable bonds is 1. The number of fused-ring (bicyclic) bond motifs is 16. The van der Waals surface area contributed by atoms with Crippen LogP contribution in [-0.2, 0) is 0 Å². The molecule has 0 spiro atoms. The van der Waals surface area contributed by atoms with Gasteiger partial charge in [-0.05, 0) is 24.3 Å². The molecule has 0 saturated carbocycles. The molecular weight excluding hydrogens is 516 g/mol. The number of para-hydroxylation sites is 2. The molecule has 0 fully saturated rings. The van der Waals surface area contributed by atoms with Gasteiger partial charge in [0.1, 0.15) is 0 Å². The minimum atomic E-state index is 1.18. The van der Waals surface area contributed by atoms with Gasteiger partial charge in [0, 0.05) is 69.8 Å². The largest absolute Gasteiger partial charge is 0.313 e. The van der Waals surface area contributed by atoms with Crippen LogP contribution in [0.2, 0.25) is 0 Å². The normalized spacial score (nSPS) is 12.4. The molecule has 0 radical (unpaired) electrons. The first-order valence-corrected chi connectivity index (χ1v) is 14.9. The number of benzene rings is 6. The molecule has 3 heteroatoms. The minimum absolute atomic E-state index is 1.18. The highest BCUT2D eigenvalue weighted by Crippen LogP contribution is 2.46. The predicted molar refractivity (Wildman–Crippen MR) is 177 cm³/mol. The average molecular weight is 539 g/mol. The second-order valence-corrected chi connectivity index (χ2v) is 12.0. The van der Waals surface area contributed by atoms with E-state index in [1.54, 1.807) is 0 Å². The van der Waals surface area contributed by atoms with Gasteiger partial charge in [0.05, 0.1) is 22.1 Å². The summed E-state index contributed by atoms with van der Waals surface area (Å²) in [6.07, 6.45) is 2.34. The van der Waals surface area contributed by atoms with Crippen LogP contribution in [0.15, 0.2) is 134 Å². The zero-order chi connectivity index (χ0) is 26.7. The smallest absolute Gasteiger partial charge is 0.0788 e. The van der Waals surface area contributed by atoms with Crippen LogP contribution >= 0.6 is 11.3 Å². The van der Waals surface area contributed by atoms with E-state index in [9.17, 15) is 0 Å². The molecule has 0 aliphatic heterocycles. The van der Waals surface area contributed by atoms with Crippen molar-refractivity contribution in [2.45, 2.75) is 0 Å². The molecule has 0 unspecified atom stereocenters. The first-order chi connectivity index (χ1) is 20.4. The van der Waals surface area contributed by atoms with E-state index in [0.717, 1.165) is 0 Å². The van der Waals surface area contributed by atoms with Crippen molar-refractivity contribution in [1.29, 1.82) is 0 Å². The molecule has 190 valence electrons. The van der Waals surface area contributed by atoms with E-state index < -0.39 is 0 Å². The van der Waals surface area contributed by atoms with Gasteiger partial charge in [0.15, 0.2) is 0 Å². The maximum Gasteiger partial charge on any atom is 0.0788 e. The molecule has 41 heavy (non-hydrogen) atoms. The summed E-state index contributed by atoms with van der Waals surface area (Å²) < 4.78 is 7.64. The van der Waals surface area contributed by atoms with Crippen LogP contribution in [-0.4, -0.2) is 8.97 Å². The Morgan fingerprint density at radius 2 is 1.10 bits per heavy atom. The van der Waals surface area contributed by atoms with Gasteiger partial charge in [-0.15, -0.1) is 11.3 Å². The first kappa shape index (κ1) is 21.7. The summed E-state index contributed by atoms with van der Waals surface area (Å²) in [6.45, 7) is 0. The van der Waals surface area contributed by atoms with Gasteiger partial charge in [-0.2, -0.15) is 0 Å². The summed E-state index contributed by atoms with van der Waals surface area (Å²) in [5.74, 6) is 0. The van der Waals surface area contributed by atoms with E-state index in [0.29, 0.717) is 0 Å². The van der Waals surface area contributed by atoms with Gasteiger partial charge in [-0.25, -0.2) is 0 Å². The van der Waals surface area contributed by atoms with Crippen LogP contribution in [0.4, 0.5) is 0 Å². The molecule has 0 atom stereocenters. The number of aromatic nitrogens is 2. The third-order valence-corrected chi connectivity index (χ3v) is 10.1. The Bertz CT molecular complexity index is 2690. The van der Waals surface area contributed by atoms with Crippen molar-refractivity contribution in [1.82, 2.24) is 8.97 Å². The maximum absolute atomic E-state index is 2.47. The first-order valence-electron chi connectivity index (χ1n) is 14.0. The standard InChI is InChI=1S/C38H22N2S/c1-2-11-24(12-3-1)40-32-16-8-6-14-26(32)28-18-20-31-34-30(21-19-29-27-15-7-9-17-33(27)41-38(29)34)35-25-13-5-4-10-23(25)22-39(35)36(31)37(28)40/h1-22H. The van der Waals surface area contributed by atoms with E-state index in [1.807, 2.05) is 11.3 Å². The molecule has 6 aromatic carbocycles. The summed E-state index contributed by atoms with van der Waals surface area (Å²) in [6, 6.07) is 46.7. The van der Waals surface area contributed by atoms with Crippen LogP contribution in [0.3, 0.4) is 0 Å². The molecule has 2 nitrogen and oxygen atoms in total. The zero-order valence-corrected chi connectivity index (χ0v) is 22.8. The molecule has 10 aromatic rings. The molecule has 0 amide bonds. The summed E-state index contributed by atoms with van der Waals surface area (Å²) in [5, 5.41) is 11.7. The quantitative estimate of drug-likeness (QED) is 0.184. The number of nitrogens with zero attached hydrogens (tertiary/aromatic N) is 2. The van der Waals surface area contributed by atoms with Crippen molar-refractivity contribution < 1.29 is 0 Å². The molecule has 10 rings (SSSR count). The van der Waals surface area contributed by atoms with E-state index in [2.05, 4.69) is 143 Å². The Morgan fingerprint density at radius 1 is 0.439 bits per heavy atom. The second kappa shape index (κ2) is 7.75. The molecule has 0 aliphatic carbocycles. The van der Waals surface area contributed by atoms with E-state index in [-0.39, 0.29) is 0 Å². The Morgan fingerprint density at radius 3 is 1.98 bits per heavy atom. The topological polar surface area (TPSA) is 9.34 Å². The SMILES string of the molecule is c1ccc(-n2c3ccccc3c3ccc4c5c(ccc6c7ccccc7sc65)c5c6ccccc6cn5c4c32)cc1. The Labute approximate surface area is 238 Å². The van der Waals surface area contributed by atoms with Gasteiger partial charge in [-0.1, -0.05) is 103 Å². The van der Waals surface area contributed by atoms with Crippen molar-refractivity contribution in [2.75, 3.05) is 0 Å². The van der Waals surface area contributed by atoms with Crippen LogP contribution in [0, 0.1) is 0 Å². The fourth-order valence-corrected chi connectivity index (χ4v) is 8.46. The predicted octanol–water partition coefficient (Wildman–Crippen LogP) is 10.9. The van der Waals surface area contributed by atoms with Crippen LogP contribution < -0.4 is 0 Å². The monoisotopic (exact) mass is 538 g/mol. The van der Waals surface area contributed by atoms with Gasteiger partial charge < -0.3 is 8.97 Å². The number of hydrogen-bond donors (Lipinski definition) is 0. The number of hydrogen-bond acceptors (Lipinski definition) is 1. The number of pyridine rings is 1. The highest BCUT2D eigenvalue weighted by atomic mass is 32.1. The lowest BCUT2D eigenvalue weighted by Gasteiger charge is -2.14. The molecule has 0 saturated heterocycles. The summed E-state index contributed by atoms with van der Waals surface area (Å²) in [5.41, 5.74) is 6.19. The zero-order valence-electron chi connectivity index (χ0n) is 22.0.